The van der Waals surface area contributed by atoms with Crippen LogP contribution in [0.4, 0.5) is 0 Å². The molecule has 0 amide bonds. The Morgan fingerprint density at radius 1 is 1.12 bits per heavy atom. The van der Waals surface area contributed by atoms with E-state index in [1.807, 2.05) is 0 Å². The minimum atomic E-state index is 0.739. The fraction of sp³-hybridized carbons (Fsp3) is 0.412. The first-order chi connectivity index (χ1) is 8.33. The first-order valence-corrected chi connectivity index (χ1v) is 6.53. The fourth-order valence-electron chi connectivity index (χ4n) is 2.77. The van der Waals surface area contributed by atoms with Gasteiger partial charge in [0.1, 0.15) is 0 Å². The van der Waals surface area contributed by atoms with Gasteiger partial charge in [0.15, 0.2) is 0 Å². The van der Waals surface area contributed by atoms with Crippen molar-refractivity contribution < 1.29 is 0 Å². The maximum atomic E-state index is 5.37. The molecule has 0 bridgehead atoms. The highest BCUT2D eigenvalue weighted by atomic mass is 14.2. The van der Waals surface area contributed by atoms with Crippen LogP contribution in [-0.2, 0) is 0 Å². The molecule has 1 aromatic carbocycles. The van der Waals surface area contributed by atoms with Gasteiger partial charge in [0.25, 0.3) is 0 Å². The molecule has 0 saturated heterocycles. The molecule has 0 heterocycles. The summed E-state index contributed by atoms with van der Waals surface area (Å²) in [6.45, 7) is 2.12. The summed E-state index contributed by atoms with van der Waals surface area (Å²) in [4.78, 5) is 0. The lowest BCUT2D eigenvalue weighted by atomic mass is 9.78. The Morgan fingerprint density at radius 2 is 1.76 bits per heavy atom. The van der Waals surface area contributed by atoms with Gasteiger partial charge in [0.2, 0.25) is 0 Å². The predicted molar refractivity (Wildman–Crippen MR) is 73.9 cm³/mol. The van der Waals surface area contributed by atoms with Crippen LogP contribution in [0.2, 0.25) is 0 Å². The van der Waals surface area contributed by atoms with Crippen LogP contribution in [0.5, 0.6) is 0 Å². The Hall–Kier alpha value is -1.48. The van der Waals surface area contributed by atoms with Crippen molar-refractivity contribution in [2.24, 2.45) is 5.92 Å². The van der Waals surface area contributed by atoms with E-state index in [1.165, 1.54) is 31.2 Å². The maximum absolute atomic E-state index is 5.37. The van der Waals surface area contributed by atoms with Gasteiger partial charge in [0.05, 0.1) is 0 Å². The lowest BCUT2D eigenvalue weighted by molar-refractivity contribution is 0.375. The van der Waals surface area contributed by atoms with Crippen LogP contribution in [0.3, 0.4) is 0 Å². The predicted octanol–water partition coefficient (Wildman–Crippen LogP) is 4.52. The third-order valence-corrected chi connectivity index (χ3v) is 3.79. The summed E-state index contributed by atoms with van der Waals surface area (Å²) in [5.74, 6) is 4.22. The van der Waals surface area contributed by atoms with Crippen LogP contribution in [-0.4, -0.2) is 0 Å². The summed E-state index contributed by atoms with van der Waals surface area (Å²) in [6.07, 6.45) is 15.2. The van der Waals surface area contributed by atoms with Gasteiger partial charge in [0, 0.05) is 5.56 Å². The van der Waals surface area contributed by atoms with E-state index >= 15 is 0 Å². The molecule has 2 rings (SSSR count). The number of rotatable bonds is 2. The number of terminal acetylenes is 1. The molecule has 1 aliphatic carbocycles. The first-order valence-electron chi connectivity index (χ1n) is 6.53. The van der Waals surface area contributed by atoms with E-state index in [2.05, 4.69) is 49.3 Å². The molecular formula is C17H20. The SMILES string of the molecule is C#Cc1ccc(C2CCC(C=CC)CC2)cc1. The summed E-state index contributed by atoms with van der Waals surface area (Å²) in [5.41, 5.74) is 2.44. The Bertz CT molecular complexity index is 408. The lowest BCUT2D eigenvalue weighted by Crippen LogP contribution is -2.11. The third kappa shape index (κ3) is 3.01. The number of allylic oxidation sites excluding steroid dienone is 2. The maximum Gasteiger partial charge on any atom is 0.0242 e. The average Bonchev–Trinajstić information content (AvgIpc) is 2.40. The molecule has 0 spiro atoms. The van der Waals surface area contributed by atoms with E-state index in [9.17, 15) is 0 Å². The summed E-state index contributed by atoms with van der Waals surface area (Å²) < 4.78 is 0. The molecular weight excluding hydrogens is 204 g/mol. The van der Waals surface area contributed by atoms with Crippen molar-refractivity contribution in [2.75, 3.05) is 0 Å². The second kappa shape index (κ2) is 5.73. The molecule has 0 unspecified atom stereocenters. The molecule has 0 radical (unpaired) electrons. The highest BCUT2D eigenvalue weighted by Crippen LogP contribution is 2.36. The van der Waals surface area contributed by atoms with Gasteiger partial charge in [-0.1, -0.05) is 30.2 Å². The van der Waals surface area contributed by atoms with Gasteiger partial charge in [-0.15, -0.1) is 6.42 Å². The monoisotopic (exact) mass is 224 g/mol. The summed E-state index contributed by atoms with van der Waals surface area (Å²) in [7, 11) is 0. The van der Waals surface area contributed by atoms with Gasteiger partial charge < -0.3 is 0 Å². The largest absolute Gasteiger partial charge is 0.115 e. The third-order valence-electron chi connectivity index (χ3n) is 3.79. The molecule has 17 heavy (non-hydrogen) atoms. The topological polar surface area (TPSA) is 0 Å². The zero-order valence-electron chi connectivity index (χ0n) is 10.5. The van der Waals surface area contributed by atoms with Crippen molar-refractivity contribution in [3.8, 4) is 12.3 Å². The molecule has 1 aliphatic rings. The van der Waals surface area contributed by atoms with Gasteiger partial charge in [-0.2, -0.15) is 0 Å². The number of benzene rings is 1. The van der Waals surface area contributed by atoms with E-state index in [4.69, 9.17) is 6.42 Å². The van der Waals surface area contributed by atoms with E-state index in [-0.39, 0.29) is 0 Å². The quantitative estimate of drug-likeness (QED) is 0.512. The average molecular weight is 224 g/mol. The Labute approximate surface area is 105 Å². The van der Waals surface area contributed by atoms with E-state index in [1.54, 1.807) is 0 Å². The molecule has 1 aromatic rings. The van der Waals surface area contributed by atoms with Crippen molar-refractivity contribution in [1.29, 1.82) is 0 Å². The number of hydrogen-bond donors (Lipinski definition) is 0. The molecule has 0 atom stereocenters. The Kier molecular flexibility index (Phi) is 4.04. The lowest BCUT2D eigenvalue weighted by Gasteiger charge is -2.27. The van der Waals surface area contributed by atoms with Gasteiger partial charge in [-0.3, -0.25) is 0 Å². The van der Waals surface area contributed by atoms with Crippen LogP contribution in [0, 0.1) is 18.3 Å². The van der Waals surface area contributed by atoms with Gasteiger partial charge in [-0.25, -0.2) is 0 Å². The second-order valence-corrected chi connectivity index (χ2v) is 4.90. The molecule has 1 fully saturated rings. The summed E-state index contributed by atoms with van der Waals surface area (Å²) in [6, 6.07) is 8.53. The van der Waals surface area contributed by atoms with E-state index in [0.29, 0.717) is 0 Å². The fourth-order valence-corrected chi connectivity index (χ4v) is 2.77. The van der Waals surface area contributed by atoms with E-state index in [0.717, 1.165) is 17.4 Å². The highest BCUT2D eigenvalue weighted by molar-refractivity contribution is 5.35. The summed E-state index contributed by atoms with van der Waals surface area (Å²) >= 11 is 0. The van der Waals surface area contributed by atoms with Crippen LogP contribution in [0.1, 0.15) is 49.7 Å². The molecule has 0 aliphatic heterocycles. The summed E-state index contributed by atoms with van der Waals surface area (Å²) in [5, 5.41) is 0. The van der Waals surface area contributed by atoms with Crippen molar-refractivity contribution in [3.63, 3.8) is 0 Å². The molecule has 88 valence electrons. The molecule has 0 aromatic heterocycles. The van der Waals surface area contributed by atoms with Crippen LogP contribution < -0.4 is 0 Å². The van der Waals surface area contributed by atoms with Crippen LogP contribution in [0.15, 0.2) is 36.4 Å². The molecule has 0 nitrogen and oxygen atoms in total. The minimum Gasteiger partial charge on any atom is -0.115 e. The zero-order valence-corrected chi connectivity index (χ0v) is 10.5. The standard InChI is InChI=1S/C17H20/c1-3-5-15-8-12-17(13-9-15)16-10-6-14(4-2)7-11-16/h2-3,5-7,10-11,15,17H,8-9,12-13H2,1H3. The molecule has 1 saturated carbocycles. The van der Waals surface area contributed by atoms with Gasteiger partial charge >= 0.3 is 0 Å². The first kappa shape index (κ1) is 12.0. The molecule has 0 heteroatoms. The highest BCUT2D eigenvalue weighted by Gasteiger charge is 2.20. The Balaban J connectivity index is 1.98. The van der Waals surface area contributed by atoms with Crippen LogP contribution in [0.25, 0.3) is 0 Å². The van der Waals surface area contributed by atoms with Crippen molar-refractivity contribution >= 4 is 0 Å². The minimum absolute atomic E-state index is 0.739. The normalized spacial score (nSPS) is 24.7. The molecule has 0 N–H and O–H groups in total. The van der Waals surface area contributed by atoms with Crippen LogP contribution >= 0.6 is 0 Å². The number of hydrogen-bond acceptors (Lipinski definition) is 0. The second-order valence-electron chi connectivity index (χ2n) is 4.90. The Morgan fingerprint density at radius 3 is 2.29 bits per heavy atom. The smallest absolute Gasteiger partial charge is 0.0242 e. The van der Waals surface area contributed by atoms with Crippen molar-refractivity contribution in [3.05, 3.63) is 47.5 Å². The zero-order chi connectivity index (χ0) is 12.1. The van der Waals surface area contributed by atoms with E-state index < -0.39 is 0 Å². The van der Waals surface area contributed by atoms with Gasteiger partial charge in [-0.05, 0) is 62.1 Å². The van der Waals surface area contributed by atoms with Crippen molar-refractivity contribution in [1.82, 2.24) is 0 Å². The van der Waals surface area contributed by atoms with Crippen molar-refractivity contribution in [2.45, 2.75) is 38.5 Å².